The maximum absolute atomic E-state index is 14.0. The zero-order valence-corrected chi connectivity index (χ0v) is 41.9. The van der Waals surface area contributed by atoms with Crippen molar-refractivity contribution in [2.24, 2.45) is 42.0 Å². The fourth-order valence-corrected chi connectivity index (χ4v) is 7.72. The van der Waals surface area contributed by atoms with E-state index in [0.29, 0.717) is 24.1 Å². The first-order valence-electron chi connectivity index (χ1n) is 23.8. The second-order valence-corrected chi connectivity index (χ2v) is 18.9. The molecule has 0 bridgehead atoms. The summed E-state index contributed by atoms with van der Waals surface area (Å²) in [6.45, 7) is 12.0. The van der Waals surface area contributed by atoms with Crippen molar-refractivity contribution in [3.63, 3.8) is 0 Å². The third-order valence-electron chi connectivity index (χ3n) is 12.2. The molecule has 386 valence electrons. The van der Waals surface area contributed by atoms with Gasteiger partial charge in [-0.25, -0.2) is 4.98 Å². The number of nitrogens with zero attached hydrogens (tertiary/aromatic N) is 3. The lowest BCUT2D eigenvalue weighted by molar-refractivity contribution is -0.140. The fourth-order valence-electron chi connectivity index (χ4n) is 7.72. The quantitative estimate of drug-likeness (QED) is 0.0430. The molecule has 2 heterocycles. The summed E-state index contributed by atoms with van der Waals surface area (Å²) in [4.78, 5) is 127. The van der Waals surface area contributed by atoms with Gasteiger partial charge in [-0.1, -0.05) is 66.2 Å². The molecular formula is C48H75N13O9. The number of rotatable bonds is 29. The van der Waals surface area contributed by atoms with Crippen LogP contribution in [0.1, 0.15) is 98.2 Å². The van der Waals surface area contributed by atoms with Crippen LogP contribution in [0.3, 0.4) is 0 Å². The van der Waals surface area contributed by atoms with Crippen LogP contribution in [0.25, 0.3) is 10.9 Å². The molecule has 0 saturated carbocycles. The number of H-pyrrole nitrogens is 1. The van der Waals surface area contributed by atoms with Gasteiger partial charge in [-0.2, -0.15) is 0 Å². The Morgan fingerprint density at radius 1 is 0.757 bits per heavy atom. The van der Waals surface area contributed by atoms with Crippen molar-refractivity contribution in [3.05, 3.63) is 54.2 Å². The molecule has 0 spiro atoms. The van der Waals surface area contributed by atoms with E-state index in [1.807, 2.05) is 52.0 Å². The number of hydrogen-bond acceptors (Lipinski definition) is 11. The summed E-state index contributed by atoms with van der Waals surface area (Å²) in [7, 11) is 3.12. The lowest BCUT2D eigenvalue weighted by Crippen LogP contribution is -2.59. The lowest BCUT2D eigenvalue weighted by Gasteiger charge is -2.29. The van der Waals surface area contributed by atoms with E-state index in [9.17, 15) is 43.2 Å². The van der Waals surface area contributed by atoms with Crippen molar-refractivity contribution >= 4 is 64.1 Å². The van der Waals surface area contributed by atoms with E-state index in [1.54, 1.807) is 44.2 Å². The van der Waals surface area contributed by atoms with Gasteiger partial charge in [-0.3, -0.25) is 43.2 Å². The highest BCUT2D eigenvalue weighted by molar-refractivity contribution is 5.96. The predicted molar refractivity (Wildman–Crippen MR) is 262 cm³/mol. The van der Waals surface area contributed by atoms with E-state index in [-0.39, 0.29) is 56.3 Å². The maximum Gasteiger partial charge on any atom is 0.245 e. The molecule has 0 aliphatic heterocycles. The number of carbonyl (C=O) groups is 9. The van der Waals surface area contributed by atoms with E-state index < -0.39 is 102 Å². The Labute approximate surface area is 409 Å². The minimum absolute atomic E-state index is 0.00203. The number of nitrogens with two attached hydrogens (primary N) is 3. The van der Waals surface area contributed by atoms with Crippen LogP contribution in [0.15, 0.2) is 43.0 Å². The van der Waals surface area contributed by atoms with Gasteiger partial charge in [0.15, 0.2) is 0 Å². The summed E-state index contributed by atoms with van der Waals surface area (Å²) < 4.78 is 1.70. The summed E-state index contributed by atoms with van der Waals surface area (Å²) in [5.41, 5.74) is 18.9. The van der Waals surface area contributed by atoms with Crippen LogP contribution in [-0.2, 0) is 63.0 Å². The fraction of sp³-hybridized carbons (Fsp3) is 0.583. The first kappa shape index (κ1) is 57.5. The average molecular weight is 978 g/mol. The number of aromatic amines is 1. The third kappa shape index (κ3) is 17.9. The van der Waals surface area contributed by atoms with E-state index in [1.165, 1.54) is 14.0 Å². The Kier molecular flexibility index (Phi) is 22.5. The number of benzene rings is 1. The molecule has 0 aliphatic carbocycles. The summed E-state index contributed by atoms with van der Waals surface area (Å²) in [5.74, 6) is -6.08. The molecule has 8 atom stereocenters. The van der Waals surface area contributed by atoms with Crippen LogP contribution >= 0.6 is 0 Å². The van der Waals surface area contributed by atoms with Gasteiger partial charge in [0.1, 0.15) is 30.2 Å². The highest BCUT2D eigenvalue weighted by Crippen LogP contribution is 2.20. The topological polar surface area (TPSA) is 341 Å². The molecule has 0 radical (unpaired) electrons. The molecule has 70 heavy (non-hydrogen) atoms. The normalized spacial score (nSPS) is 14.8. The van der Waals surface area contributed by atoms with Crippen molar-refractivity contribution in [2.75, 3.05) is 13.6 Å². The Morgan fingerprint density at radius 3 is 2.00 bits per heavy atom. The summed E-state index contributed by atoms with van der Waals surface area (Å²) in [5, 5.41) is 17.2. The highest BCUT2D eigenvalue weighted by atomic mass is 16.2. The van der Waals surface area contributed by atoms with Crippen molar-refractivity contribution < 1.29 is 43.2 Å². The predicted octanol–water partition coefficient (Wildman–Crippen LogP) is -0.320. The molecule has 1 unspecified atom stereocenters. The highest BCUT2D eigenvalue weighted by Gasteiger charge is 2.33. The van der Waals surface area contributed by atoms with Crippen molar-refractivity contribution in [1.29, 1.82) is 0 Å². The molecular weight excluding hydrogens is 903 g/mol. The van der Waals surface area contributed by atoms with Gasteiger partial charge in [-0.05, 0) is 55.6 Å². The number of aromatic nitrogens is 3. The number of para-hydroxylation sites is 1. The number of hydrogen-bond donors (Lipinski definition) is 10. The Balaban J connectivity index is 1.72. The molecule has 22 heteroatoms. The van der Waals surface area contributed by atoms with Crippen molar-refractivity contribution in [1.82, 2.24) is 51.3 Å². The Bertz CT molecular complexity index is 2290. The Hall–Kier alpha value is -6.84. The van der Waals surface area contributed by atoms with Gasteiger partial charge in [0.2, 0.25) is 53.2 Å². The van der Waals surface area contributed by atoms with Gasteiger partial charge in [0.25, 0.3) is 0 Å². The van der Waals surface area contributed by atoms with Crippen LogP contribution in [0.5, 0.6) is 0 Å². The minimum atomic E-state index is -1.21. The second-order valence-electron chi connectivity index (χ2n) is 18.9. The van der Waals surface area contributed by atoms with E-state index >= 15 is 0 Å². The van der Waals surface area contributed by atoms with Crippen LogP contribution in [0, 0.1) is 17.8 Å². The minimum Gasteiger partial charge on any atom is -0.370 e. The maximum atomic E-state index is 14.0. The van der Waals surface area contributed by atoms with E-state index in [0.717, 1.165) is 15.8 Å². The summed E-state index contributed by atoms with van der Waals surface area (Å²) in [6, 6.07) is 0.217. The third-order valence-corrected chi connectivity index (χ3v) is 12.2. The molecule has 1 aromatic carbocycles. The number of primary amides is 2. The van der Waals surface area contributed by atoms with Gasteiger partial charge in [0.05, 0.1) is 18.9 Å². The number of aryl methyl sites for hydroxylation is 1. The van der Waals surface area contributed by atoms with Gasteiger partial charge in [0, 0.05) is 74.8 Å². The van der Waals surface area contributed by atoms with Gasteiger partial charge in [-0.15, -0.1) is 0 Å². The van der Waals surface area contributed by atoms with Crippen LogP contribution in [-0.4, -0.2) is 128 Å². The second kappa shape index (κ2) is 27.4. The number of likely N-dealkylation sites (N-methyl/N-ethyl adjacent to an activating group) is 1. The Morgan fingerprint density at radius 2 is 1.40 bits per heavy atom. The largest absolute Gasteiger partial charge is 0.370 e. The molecule has 3 rings (SSSR count). The van der Waals surface area contributed by atoms with Gasteiger partial charge >= 0.3 is 0 Å². The van der Waals surface area contributed by atoms with Crippen LogP contribution < -0.4 is 49.1 Å². The molecule has 2 aromatic heterocycles. The molecule has 9 amide bonds. The van der Waals surface area contributed by atoms with Crippen LogP contribution in [0.2, 0.25) is 0 Å². The van der Waals surface area contributed by atoms with Crippen molar-refractivity contribution in [2.45, 2.75) is 142 Å². The SMILES string of the molecule is CCC(C)[C@@H](CCC(=O)N[C@@H](CC(C)C)C(N)=O)NC(=O)[C@H](Cc1cncn1C)NC(=O)CN(C)C(=O)[C@@H](NC(=O)[C@H](C)NC(=O)[C@H](Cc1c[nH]c2ccccc12)NC(=O)[C@@H](N)CCC(N)=O)C(C)C. The zero-order valence-electron chi connectivity index (χ0n) is 41.9. The number of fused-ring (bicyclic) bond motifs is 1. The number of carbonyl (C=O) groups excluding carboxylic acids is 9. The molecule has 0 fully saturated rings. The molecule has 22 nitrogen and oxygen atoms in total. The monoisotopic (exact) mass is 978 g/mol. The van der Waals surface area contributed by atoms with Gasteiger partial charge < -0.3 is 63.6 Å². The van der Waals surface area contributed by atoms with Crippen LogP contribution in [0.4, 0.5) is 0 Å². The van der Waals surface area contributed by atoms with E-state index in [4.69, 9.17) is 17.2 Å². The van der Waals surface area contributed by atoms with Crippen molar-refractivity contribution in [3.8, 4) is 0 Å². The lowest BCUT2D eigenvalue weighted by atomic mass is 9.94. The number of nitrogens with one attached hydrogen (secondary N) is 7. The number of imidazole rings is 1. The van der Waals surface area contributed by atoms with E-state index in [2.05, 4.69) is 41.9 Å². The molecule has 13 N–H and O–H groups in total. The standard InChI is InChI=1S/C48H75N13O9/c1-10-28(6)34(16-18-40(63)55-36(43(51)65)19-26(2)3)57-47(69)38(21-31-23-52-25-61(31)9)56-41(64)24-60(8)48(70)42(27(4)5)59-44(66)29(7)54-46(68)37(58-45(67)33(49)15-17-39(50)62)20-30-22-53-35-14-12-11-13-32(30)35/h11-14,22-23,25-29,33-34,36-38,42,53H,10,15-21,24,49H2,1-9H3,(H2,50,62)(H2,51,65)(H,54,68)(H,55,63)(H,56,64)(H,57,69)(H,58,67)(H,59,66)/t28?,29-,33-,34+,36-,37-,38-,42-/m0/s1. The average Bonchev–Trinajstić information content (AvgIpc) is 3.91. The zero-order chi connectivity index (χ0) is 52.4. The molecule has 0 aliphatic rings. The summed E-state index contributed by atoms with van der Waals surface area (Å²) >= 11 is 0. The molecule has 0 saturated heterocycles. The summed E-state index contributed by atoms with van der Waals surface area (Å²) in [6.07, 6.45) is 5.97. The smallest absolute Gasteiger partial charge is 0.245 e. The first-order chi connectivity index (χ1) is 32.9. The molecule has 3 aromatic rings. The first-order valence-corrected chi connectivity index (χ1v) is 23.8. The number of amides is 9.